The maximum atomic E-state index is 11.7. The maximum Gasteiger partial charge on any atom is 0.214 e. The average molecular weight is 299 g/mol. The topological polar surface area (TPSA) is 82.5 Å². The average Bonchev–Trinajstić information content (AvgIpc) is 2.81. The van der Waals surface area contributed by atoms with Crippen LogP contribution in [0, 0.1) is 0 Å². The zero-order valence-electron chi connectivity index (χ0n) is 11.8. The van der Waals surface area contributed by atoms with E-state index < -0.39 is 20.9 Å². The number of rotatable bonds is 5. The molecular weight excluding hydrogens is 278 g/mol. The highest BCUT2D eigenvalue weighted by Gasteiger charge is 2.37. The minimum absolute atomic E-state index is 0.0385. The Morgan fingerprint density at radius 3 is 2.85 bits per heavy atom. The van der Waals surface area contributed by atoms with Gasteiger partial charge in [-0.3, -0.25) is 0 Å². The molecule has 0 bridgehead atoms. The highest BCUT2D eigenvalue weighted by molar-refractivity contribution is 7.90. The molecule has 0 saturated carbocycles. The van der Waals surface area contributed by atoms with Crippen LogP contribution in [0.5, 0.6) is 0 Å². The standard InChI is InChI=1S/C13H21N3O3S/c1-11(2)20(18,19)15-9-13(17)6-8-16(10-13)12-5-3-4-7-14-12/h3-5,7,11,15,17H,6,8-10H2,1-2H3. The van der Waals surface area contributed by atoms with Gasteiger partial charge >= 0.3 is 0 Å². The Balaban J connectivity index is 1.97. The molecule has 0 radical (unpaired) electrons. The molecule has 1 aromatic rings. The third kappa shape index (κ3) is 3.47. The SMILES string of the molecule is CC(C)S(=O)(=O)NCC1(O)CCN(c2ccccn2)C1. The third-order valence-electron chi connectivity index (χ3n) is 3.53. The maximum absolute atomic E-state index is 11.7. The van der Waals surface area contributed by atoms with Gasteiger partial charge in [0.1, 0.15) is 5.82 Å². The second-order valence-corrected chi connectivity index (χ2v) is 7.82. The molecule has 6 nitrogen and oxygen atoms in total. The van der Waals surface area contributed by atoms with Gasteiger partial charge < -0.3 is 10.0 Å². The highest BCUT2D eigenvalue weighted by Crippen LogP contribution is 2.25. The minimum atomic E-state index is -3.35. The van der Waals surface area contributed by atoms with Crippen molar-refractivity contribution in [3.63, 3.8) is 0 Å². The molecule has 1 atom stereocenters. The summed E-state index contributed by atoms with van der Waals surface area (Å²) in [7, 11) is -3.35. The van der Waals surface area contributed by atoms with Crippen LogP contribution in [0.2, 0.25) is 0 Å². The summed E-state index contributed by atoms with van der Waals surface area (Å²) in [5.41, 5.74) is -1.04. The van der Waals surface area contributed by atoms with Crippen molar-refractivity contribution in [1.29, 1.82) is 0 Å². The number of aliphatic hydroxyl groups is 1. The van der Waals surface area contributed by atoms with Crippen molar-refractivity contribution >= 4 is 15.8 Å². The first kappa shape index (κ1) is 15.2. The van der Waals surface area contributed by atoms with Gasteiger partial charge in [0.2, 0.25) is 10.0 Å². The van der Waals surface area contributed by atoms with Crippen LogP contribution in [-0.2, 0) is 10.0 Å². The van der Waals surface area contributed by atoms with Crippen LogP contribution in [0.4, 0.5) is 5.82 Å². The number of nitrogens with one attached hydrogen (secondary N) is 1. The number of hydrogen-bond donors (Lipinski definition) is 2. The fourth-order valence-corrected chi connectivity index (χ4v) is 2.94. The Morgan fingerprint density at radius 1 is 1.50 bits per heavy atom. The zero-order valence-corrected chi connectivity index (χ0v) is 12.6. The molecule has 1 unspecified atom stereocenters. The Labute approximate surface area is 119 Å². The van der Waals surface area contributed by atoms with Crippen LogP contribution in [0.15, 0.2) is 24.4 Å². The van der Waals surface area contributed by atoms with Crippen molar-refractivity contribution in [3.8, 4) is 0 Å². The first-order valence-electron chi connectivity index (χ1n) is 6.69. The summed E-state index contributed by atoms with van der Waals surface area (Å²) in [5, 5.41) is 9.97. The largest absolute Gasteiger partial charge is 0.387 e. The zero-order chi connectivity index (χ0) is 14.8. The highest BCUT2D eigenvalue weighted by atomic mass is 32.2. The molecule has 20 heavy (non-hydrogen) atoms. The van der Waals surface area contributed by atoms with Crippen molar-refractivity contribution in [2.45, 2.75) is 31.1 Å². The Bertz CT molecular complexity index is 547. The molecule has 7 heteroatoms. The quantitative estimate of drug-likeness (QED) is 0.820. The lowest BCUT2D eigenvalue weighted by molar-refractivity contribution is 0.0685. The van der Waals surface area contributed by atoms with E-state index in [2.05, 4.69) is 9.71 Å². The number of sulfonamides is 1. The van der Waals surface area contributed by atoms with E-state index in [1.54, 1.807) is 20.0 Å². The monoisotopic (exact) mass is 299 g/mol. The fraction of sp³-hybridized carbons (Fsp3) is 0.615. The van der Waals surface area contributed by atoms with Crippen LogP contribution >= 0.6 is 0 Å². The predicted molar refractivity (Wildman–Crippen MR) is 78.1 cm³/mol. The normalized spacial score (nSPS) is 23.5. The summed E-state index contributed by atoms with van der Waals surface area (Å²) >= 11 is 0. The second kappa shape index (κ2) is 5.67. The lowest BCUT2D eigenvalue weighted by Gasteiger charge is -2.24. The number of nitrogens with zero attached hydrogens (tertiary/aromatic N) is 2. The second-order valence-electron chi connectivity index (χ2n) is 5.50. The molecule has 2 rings (SSSR count). The number of aromatic nitrogens is 1. The number of hydrogen-bond acceptors (Lipinski definition) is 5. The van der Waals surface area contributed by atoms with Crippen molar-refractivity contribution in [2.75, 3.05) is 24.5 Å². The van der Waals surface area contributed by atoms with Crippen LogP contribution in [0.25, 0.3) is 0 Å². The van der Waals surface area contributed by atoms with E-state index in [0.717, 1.165) is 5.82 Å². The summed E-state index contributed by atoms with van der Waals surface area (Å²) in [4.78, 5) is 6.20. The Hall–Kier alpha value is -1.18. The van der Waals surface area contributed by atoms with E-state index in [0.29, 0.717) is 19.5 Å². The molecule has 0 amide bonds. The van der Waals surface area contributed by atoms with Crippen LogP contribution in [0.3, 0.4) is 0 Å². The summed E-state index contributed by atoms with van der Waals surface area (Å²) < 4.78 is 26.0. The van der Waals surface area contributed by atoms with E-state index in [1.165, 1.54) is 0 Å². The van der Waals surface area contributed by atoms with Crippen LogP contribution in [-0.4, -0.2) is 49.0 Å². The third-order valence-corrected chi connectivity index (χ3v) is 5.32. The van der Waals surface area contributed by atoms with Gasteiger partial charge in [0.15, 0.2) is 0 Å². The molecular formula is C13H21N3O3S. The Kier molecular flexibility index (Phi) is 4.31. The lowest BCUT2D eigenvalue weighted by Crippen LogP contribution is -2.46. The minimum Gasteiger partial charge on any atom is -0.387 e. The van der Waals surface area contributed by atoms with Gasteiger partial charge in [-0.25, -0.2) is 18.1 Å². The number of β-amino-alcohol motifs (C(OH)–C–C–N with tert-alkyl or cyclic N) is 1. The van der Waals surface area contributed by atoms with Gasteiger partial charge in [-0.2, -0.15) is 0 Å². The van der Waals surface area contributed by atoms with E-state index >= 15 is 0 Å². The molecule has 0 aromatic carbocycles. The van der Waals surface area contributed by atoms with E-state index in [4.69, 9.17) is 0 Å². The van der Waals surface area contributed by atoms with Gasteiger partial charge in [0.05, 0.1) is 10.9 Å². The first-order valence-corrected chi connectivity index (χ1v) is 8.24. The summed E-state index contributed by atoms with van der Waals surface area (Å²) in [6.07, 6.45) is 2.22. The molecule has 0 spiro atoms. The summed E-state index contributed by atoms with van der Waals surface area (Å²) in [6, 6.07) is 5.60. The van der Waals surface area contributed by atoms with Crippen molar-refractivity contribution in [3.05, 3.63) is 24.4 Å². The van der Waals surface area contributed by atoms with Crippen molar-refractivity contribution in [2.24, 2.45) is 0 Å². The van der Waals surface area contributed by atoms with Crippen molar-refractivity contribution in [1.82, 2.24) is 9.71 Å². The smallest absolute Gasteiger partial charge is 0.214 e. The van der Waals surface area contributed by atoms with Crippen LogP contribution in [0.1, 0.15) is 20.3 Å². The summed E-state index contributed by atoms with van der Waals surface area (Å²) in [5.74, 6) is 0.801. The molecule has 1 saturated heterocycles. The lowest BCUT2D eigenvalue weighted by atomic mass is 10.0. The fourth-order valence-electron chi connectivity index (χ4n) is 2.14. The van der Waals surface area contributed by atoms with E-state index in [1.807, 2.05) is 23.1 Å². The Morgan fingerprint density at radius 2 is 2.25 bits per heavy atom. The molecule has 1 aliphatic rings. The van der Waals surface area contributed by atoms with E-state index in [9.17, 15) is 13.5 Å². The molecule has 2 heterocycles. The predicted octanol–water partition coefficient (Wildman–Crippen LogP) is 0.351. The van der Waals surface area contributed by atoms with Crippen LogP contribution < -0.4 is 9.62 Å². The van der Waals surface area contributed by atoms with Gasteiger partial charge in [-0.15, -0.1) is 0 Å². The molecule has 0 aliphatic carbocycles. The number of pyridine rings is 1. The van der Waals surface area contributed by atoms with Gasteiger partial charge in [-0.1, -0.05) is 6.07 Å². The van der Waals surface area contributed by atoms with Gasteiger partial charge in [0.25, 0.3) is 0 Å². The van der Waals surface area contributed by atoms with Crippen molar-refractivity contribution < 1.29 is 13.5 Å². The van der Waals surface area contributed by atoms with E-state index in [-0.39, 0.29) is 6.54 Å². The summed E-state index contributed by atoms with van der Waals surface area (Å²) in [6.45, 7) is 4.31. The first-order chi connectivity index (χ1) is 9.32. The molecule has 1 aromatic heterocycles. The van der Waals surface area contributed by atoms with Gasteiger partial charge in [0, 0.05) is 25.8 Å². The molecule has 2 N–H and O–H groups in total. The molecule has 1 fully saturated rings. The number of anilines is 1. The van der Waals surface area contributed by atoms with Gasteiger partial charge in [-0.05, 0) is 32.4 Å². The molecule has 112 valence electrons. The molecule has 1 aliphatic heterocycles.